The van der Waals surface area contributed by atoms with Crippen LogP contribution in [0.25, 0.3) is 11.0 Å². The number of nitrogens with one attached hydrogen (secondary N) is 1. The minimum Gasteiger partial charge on any atom is -0.345 e. The predicted octanol–water partition coefficient (Wildman–Crippen LogP) is 2.90. The molecule has 1 aliphatic heterocycles. The Kier molecular flexibility index (Phi) is 2.54. The fourth-order valence-electron chi connectivity index (χ4n) is 2.81. The molecule has 0 aliphatic carbocycles. The number of hydrogen-bond acceptors (Lipinski definition) is 2. The number of aromatic amines is 1. The molecule has 4 nitrogen and oxygen atoms in total. The van der Waals surface area contributed by atoms with Crippen molar-refractivity contribution < 1.29 is 9.18 Å². The van der Waals surface area contributed by atoms with Crippen LogP contribution in [0.2, 0.25) is 0 Å². The molecule has 0 spiro atoms. The second kappa shape index (κ2) is 4.41. The van der Waals surface area contributed by atoms with Gasteiger partial charge in [-0.3, -0.25) is 4.79 Å². The highest BCUT2D eigenvalue weighted by molar-refractivity contribution is 6.08. The molecule has 3 aromatic rings. The summed E-state index contributed by atoms with van der Waals surface area (Å²) in [7, 11) is 0. The number of anilines is 1. The summed E-state index contributed by atoms with van der Waals surface area (Å²) in [6, 6.07) is 9.95. The summed E-state index contributed by atoms with van der Waals surface area (Å²) in [5.74, 6) is -0.334. The quantitative estimate of drug-likeness (QED) is 0.745. The molecule has 1 aliphatic rings. The molecule has 0 bridgehead atoms. The van der Waals surface area contributed by atoms with Crippen molar-refractivity contribution in [2.75, 3.05) is 11.4 Å². The van der Waals surface area contributed by atoms with Crippen molar-refractivity contribution in [1.82, 2.24) is 9.97 Å². The molecule has 4 rings (SSSR count). The summed E-state index contributed by atoms with van der Waals surface area (Å²) in [5, 5.41) is 0. The molecule has 2 aromatic carbocycles. The molecule has 21 heavy (non-hydrogen) atoms. The Hall–Kier alpha value is -2.69. The number of nitrogens with zero attached hydrogens (tertiary/aromatic N) is 2. The molecule has 0 fully saturated rings. The van der Waals surface area contributed by atoms with E-state index in [9.17, 15) is 9.18 Å². The van der Waals surface area contributed by atoms with Crippen molar-refractivity contribution in [3.8, 4) is 0 Å². The number of halogens is 1. The normalized spacial score (nSPS) is 13.7. The summed E-state index contributed by atoms with van der Waals surface area (Å²) < 4.78 is 13.2. The van der Waals surface area contributed by atoms with Crippen LogP contribution in [0.15, 0.2) is 42.7 Å². The van der Waals surface area contributed by atoms with Gasteiger partial charge in [-0.15, -0.1) is 0 Å². The summed E-state index contributed by atoms with van der Waals surface area (Å²) in [4.78, 5) is 21.5. The van der Waals surface area contributed by atoms with Gasteiger partial charge in [-0.1, -0.05) is 0 Å². The summed E-state index contributed by atoms with van der Waals surface area (Å²) >= 11 is 0. The van der Waals surface area contributed by atoms with Crippen LogP contribution >= 0.6 is 0 Å². The molecule has 0 atom stereocenters. The SMILES string of the molecule is O=C(c1ccc2nc[nH]c2c1)N1CCc2cc(F)ccc21. The Morgan fingerprint density at radius 1 is 1.24 bits per heavy atom. The van der Waals surface area contributed by atoms with Crippen LogP contribution in [-0.2, 0) is 6.42 Å². The molecule has 1 amide bonds. The number of rotatable bonds is 1. The van der Waals surface area contributed by atoms with Gasteiger partial charge in [0.15, 0.2) is 0 Å². The van der Waals surface area contributed by atoms with Gasteiger partial charge >= 0.3 is 0 Å². The monoisotopic (exact) mass is 281 g/mol. The first-order valence-corrected chi connectivity index (χ1v) is 6.76. The topological polar surface area (TPSA) is 49.0 Å². The zero-order valence-electron chi connectivity index (χ0n) is 11.1. The van der Waals surface area contributed by atoms with Crippen molar-refractivity contribution in [3.05, 3.63) is 59.7 Å². The van der Waals surface area contributed by atoms with Crippen molar-refractivity contribution in [2.24, 2.45) is 0 Å². The van der Waals surface area contributed by atoms with E-state index in [2.05, 4.69) is 9.97 Å². The molecular formula is C16H12FN3O. The maximum absolute atomic E-state index is 13.2. The summed E-state index contributed by atoms with van der Waals surface area (Å²) in [5.41, 5.74) is 3.94. The number of imidazole rings is 1. The first-order chi connectivity index (χ1) is 10.2. The maximum atomic E-state index is 13.2. The van der Waals surface area contributed by atoms with Crippen molar-refractivity contribution in [1.29, 1.82) is 0 Å². The summed E-state index contributed by atoms with van der Waals surface area (Å²) in [6.45, 7) is 0.582. The molecular weight excluding hydrogens is 269 g/mol. The number of H-pyrrole nitrogens is 1. The second-order valence-electron chi connectivity index (χ2n) is 5.11. The van der Waals surface area contributed by atoms with Gasteiger partial charge in [0.2, 0.25) is 0 Å². The van der Waals surface area contributed by atoms with E-state index in [0.29, 0.717) is 18.5 Å². The predicted molar refractivity (Wildman–Crippen MR) is 77.9 cm³/mol. The molecule has 5 heteroatoms. The number of benzene rings is 2. The molecule has 104 valence electrons. The lowest BCUT2D eigenvalue weighted by Crippen LogP contribution is -2.28. The van der Waals surface area contributed by atoms with Gasteiger partial charge in [0.25, 0.3) is 5.91 Å². The zero-order chi connectivity index (χ0) is 14.4. The molecule has 0 saturated heterocycles. The van der Waals surface area contributed by atoms with Gasteiger partial charge in [-0.05, 0) is 48.4 Å². The van der Waals surface area contributed by atoms with E-state index in [-0.39, 0.29) is 11.7 Å². The van der Waals surface area contributed by atoms with Crippen LogP contribution in [-0.4, -0.2) is 22.4 Å². The lowest BCUT2D eigenvalue weighted by Gasteiger charge is -2.17. The fourth-order valence-corrected chi connectivity index (χ4v) is 2.81. The first kappa shape index (κ1) is 12.1. The first-order valence-electron chi connectivity index (χ1n) is 6.76. The maximum Gasteiger partial charge on any atom is 0.258 e. The number of hydrogen-bond donors (Lipinski definition) is 1. The third-order valence-corrected chi connectivity index (χ3v) is 3.85. The number of aromatic nitrogens is 2. The average Bonchev–Trinajstić information content (AvgIpc) is 3.11. The van der Waals surface area contributed by atoms with Crippen LogP contribution in [0.1, 0.15) is 15.9 Å². The van der Waals surface area contributed by atoms with Gasteiger partial charge in [-0.2, -0.15) is 0 Å². The number of carbonyl (C=O) groups excluding carboxylic acids is 1. The van der Waals surface area contributed by atoms with Crippen molar-refractivity contribution in [3.63, 3.8) is 0 Å². The highest BCUT2D eigenvalue weighted by Crippen LogP contribution is 2.30. The van der Waals surface area contributed by atoms with Gasteiger partial charge < -0.3 is 9.88 Å². The second-order valence-corrected chi connectivity index (χ2v) is 5.11. The average molecular weight is 281 g/mol. The molecule has 0 radical (unpaired) electrons. The highest BCUT2D eigenvalue weighted by atomic mass is 19.1. The number of carbonyl (C=O) groups is 1. The van der Waals surface area contributed by atoms with E-state index in [1.54, 1.807) is 29.4 Å². The Morgan fingerprint density at radius 3 is 3.05 bits per heavy atom. The van der Waals surface area contributed by atoms with Crippen molar-refractivity contribution in [2.45, 2.75) is 6.42 Å². The smallest absolute Gasteiger partial charge is 0.258 e. The van der Waals surface area contributed by atoms with Gasteiger partial charge in [-0.25, -0.2) is 9.37 Å². The van der Waals surface area contributed by atoms with Crippen LogP contribution in [0.4, 0.5) is 10.1 Å². The van der Waals surface area contributed by atoms with Gasteiger partial charge in [0.1, 0.15) is 5.82 Å². The lowest BCUT2D eigenvalue weighted by molar-refractivity contribution is 0.0989. The largest absolute Gasteiger partial charge is 0.345 e. The molecule has 0 unspecified atom stereocenters. The van der Waals surface area contributed by atoms with E-state index >= 15 is 0 Å². The zero-order valence-corrected chi connectivity index (χ0v) is 11.1. The minimum absolute atomic E-state index is 0.0724. The van der Waals surface area contributed by atoms with Crippen LogP contribution in [0.5, 0.6) is 0 Å². The fraction of sp³-hybridized carbons (Fsp3) is 0.125. The Labute approximate surface area is 120 Å². The van der Waals surface area contributed by atoms with E-state index in [1.807, 2.05) is 6.07 Å². The standard InChI is InChI=1S/C16H12FN3O/c17-12-2-4-15-10(7-12)5-6-20(15)16(21)11-1-3-13-14(8-11)19-9-18-13/h1-4,7-9H,5-6H2,(H,18,19). The Morgan fingerprint density at radius 2 is 2.14 bits per heavy atom. The van der Waals surface area contributed by atoms with E-state index in [4.69, 9.17) is 0 Å². The third-order valence-electron chi connectivity index (χ3n) is 3.85. The van der Waals surface area contributed by atoms with E-state index in [1.165, 1.54) is 12.1 Å². The lowest BCUT2D eigenvalue weighted by atomic mass is 10.1. The molecule has 2 heterocycles. The number of fused-ring (bicyclic) bond motifs is 2. The van der Waals surface area contributed by atoms with E-state index < -0.39 is 0 Å². The Balaban J connectivity index is 1.73. The molecule has 1 aromatic heterocycles. The van der Waals surface area contributed by atoms with Crippen LogP contribution in [0, 0.1) is 5.82 Å². The van der Waals surface area contributed by atoms with Gasteiger partial charge in [0, 0.05) is 17.8 Å². The molecule has 0 saturated carbocycles. The number of amides is 1. The van der Waals surface area contributed by atoms with Crippen LogP contribution in [0.3, 0.4) is 0 Å². The van der Waals surface area contributed by atoms with Gasteiger partial charge in [0.05, 0.1) is 17.4 Å². The minimum atomic E-state index is -0.262. The molecule has 1 N–H and O–H groups in total. The Bertz CT molecular complexity index is 856. The summed E-state index contributed by atoms with van der Waals surface area (Å²) in [6.07, 6.45) is 2.29. The van der Waals surface area contributed by atoms with Crippen LogP contribution < -0.4 is 4.90 Å². The highest BCUT2D eigenvalue weighted by Gasteiger charge is 2.26. The third kappa shape index (κ3) is 1.89. The van der Waals surface area contributed by atoms with Crippen molar-refractivity contribution >= 4 is 22.6 Å². The van der Waals surface area contributed by atoms with E-state index in [0.717, 1.165) is 22.3 Å².